The fraction of sp³-hybridized carbons (Fsp3) is 0.381. The van der Waals surface area contributed by atoms with Gasteiger partial charge in [0.05, 0.1) is 5.56 Å². The molecule has 0 spiro atoms. The Bertz CT molecular complexity index is 695. The Labute approximate surface area is 166 Å². The maximum Gasteiger partial charge on any atom is 0.407 e. The molecule has 1 aromatic carbocycles. The number of hydrogen-bond acceptors (Lipinski definition) is 5. The normalized spacial score (nSPS) is 10.5. The zero-order chi connectivity index (χ0) is 21.2. The molecule has 2 amide bonds. The molecule has 28 heavy (non-hydrogen) atoms. The summed E-state index contributed by atoms with van der Waals surface area (Å²) in [6.45, 7) is 13.1. The number of nitrogens with one attached hydrogen (secondary N) is 1. The molecule has 0 bridgehead atoms. The molecule has 0 atom stereocenters. The molecule has 0 aliphatic carbocycles. The van der Waals surface area contributed by atoms with Gasteiger partial charge in [-0.15, -0.1) is 13.2 Å². The fourth-order valence-corrected chi connectivity index (χ4v) is 2.14. The molecule has 7 nitrogen and oxygen atoms in total. The second-order valence-corrected chi connectivity index (χ2v) is 7.00. The number of carbonyl (C=O) groups excluding carboxylic acids is 3. The molecular weight excluding hydrogens is 360 g/mol. The molecular formula is C21H28N2O5. The highest BCUT2D eigenvalue weighted by Gasteiger charge is 2.16. The second kappa shape index (κ2) is 10.9. The largest absolute Gasteiger partial charge is 0.452 e. The zero-order valence-corrected chi connectivity index (χ0v) is 16.7. The highest BCUT2D eigenvalue weighted by atomic mass is 16.6. The first-order valence-corrected chi connectivity index (χ1v) is 8.88. The molecule has 0 heterocycles. The first-order valence-electron chi connectivity index (χ1n) is 8.88. The van der Waals surface area contributed by atoms with E-state index in [4.69, 9.17) is 9.47 Å². The van der Waals surface area contributed by atoms with Crippen molar-refractivity contribution in [2.75, 3.05) is 19.7 Å². The van der Waals surface area contributed by atoms with Crippen molar-refractivity contribution in [1.29, 1.82) is 0 Å². The van der Waals surface area contributed by atoms with Gasteiger partial charge in [0, 0.05) is 19.6 Å². The van der Waals surface area contributed by atoms with Crippen molar-refractivity contribution in [3.8, 4) is 0 Å². The van der Waals surface area contributed by atoms with Crippen molar-refractivity contribution in [2.24, 2.45) is 0 Å². The summed E-state index contributed by atoms with van der Waals surface area (Å²) < 4.78 is 10.2. The van der Waals surface area contributed by atoms with Crippen molar-refractivity contribution < 1.29 is 23.9 Å². The average molecular weight is 388 g/mol. The van der Waals surface area contributed by atoms with Crippen molar-refractivity contribution in [1.82, 2.24) is 10.2 Å². The number of esters is 1. The number of amides is 2. The van der Waals surface area contributed by atoms with E-state index in [1.54, 1.807) is 57.2 Å². The van der Waals surface area contributed by atoms with E-state index in [-0.39, 0.29) is 19.1 Å². The minimum atomic E-state index is -0.600. The molecule has 0 aromatic heterocycles. The average Bonchev–Trinajstić information content (AvgIpc) is 2.63. The number of alkyl carbamates (subject to hydrolysis) is 1. The van der Waals surface area contributed by atoms with Crippen LogP contribution in [0.25, 0.3) is 0 Å². The molecule has 0 unspecified atom stereocenters. The van der Waals surface area contributed by atoms with Crippen molar-refractivity contribution >= 4 is 18.0 Å². The lowest BCUT2D eigenvalue weighted by molar-refractivity contribution is -0.133. The van der Waals surface area contributed by atoms with Gasteiger partial charge >= 0.3 is 12.1 Å². The third-order valence-corrected chi connectivity index (χ3v) is 3.40. The van der Waals surface area contributed by atoms with Gasteiger partial charge < -0.3 is 19.7 Å². The Hall–Kier alpha value is -3.09. The summed E-state index contributed by atoms with van der Waals surface area (Å²) in [5.74, 6) is -0.927. The van der Waals surface area contributed by atoms with E-state index in [0.717, 1.165) is 5.56 Å². The molecule has 0 fully saturated rings. The van der Waals surface area contributed by atoms with E-state index in [0.29, 0.717) is 18.7 Å². The van der Waals surface area contributed by atoms with Crippen LogP contribution < -0.4 is 5.32 Å². The molecule has 0 saturated heterocycles. The van der Waals surface area contributed by atoms with Gasteiger partial charge in [0.25, 0.3) is 5.91 Å². The van der Waals surface area contributed by atoms with Crippen LogP contribution in [-0.2, 0) is 20.8 Å². The van der Waals surface area contributed by atoms with Crippen LogP contribution in [0.4, 0.5) is 4.79 Å². The van der Waals surface area contributed by atoms with Gasteiger partial charge in [-0.25, -0.2) is 9.59 Å². The first-order chi connectivity index (χ1) is 13.2. The zero-order valence-electron chi connectivity index (χ0n) is 16.7. The monoisotopic (exact) mass is 388 g/mol. The number of ether oxygens (including phenoxy) is 2. The van der Waals surface area contributed by atoms with Crippen molar-refractivity contribution in [2.45, 2.75) is 32.9 Å². The van der Waals surface area contributed by atoms with E-state index in [9.17, 15) is 14.4 Å². The minimum absolute atomic E-state index is 0.265. The lowest BCUT2D eigenvalue weighted by Crippen LogP contribution is -2.35. The molecule has 0 aliphatic rings. The second-order valence-electron chi connectivity index (χ2n) is 7.00. The summed E-state index contributed by atoms with van der Waals surface area (Å²) in [6, 6.07) is 6.53. The fourth-order valence-electron chi connectivity index (χ4n) is 2.14. The van der Waals surface area contributed by atoms with Gasteiger partial charge in [0.1, 0.15) is 5.60 Å². The van der Waals surface area contributed by atoms with Crippen LogP contribution in [0, 0.1) is 0 Å². The molecule has 152 valence electrons. The molecule has 0 aliphatic heterocycles. The molecule has 0 saturated carbocycles. The Kier molecular flexibility index (Phi) is 8.95. The van der Waals surface area contributed by atoms with Crippen LogP contribution in [0.15, 0.2) is 49.6 Å². The van der Waals surface area contributed by atoms with Crippen LogP contribution in [-0.4, -0.2) is 48.2 Å². The number of benzene rings is 1. The van der Waals surface area contributed by atoms with Gasteiger partial charge in [0.15, 0.2) is 6.61 Å². The first kappa shape index (κ1) is 23.0. The topological polar surface area (TPSA) is 84.9 Å². The van der Waals surface area contributed by atoms with Crippen molar-refractivity contribution in [3.05, 3.63) is 60.7 Å². The highest BCUT2D eigenvalue weighted by molar-refractivity contribution is 5.91. The summed E-state index contributed by atoms with van der Waals surface area (Å²) in [6.07, 6.45) is 2.67. The maximum atomic E-state index is 12.1. The molecule has 1 aromatic rings. The van der Waals surface area contributed by atoms with Crippen LogP contribution in [0.2, 0.25) is 0 Å². The predicted octanol–water partition coefficient (Wildman–Crippen LogP) is 3.07. The Morgan fingerprint density at radius 1 is 1.07 bits per heavy atom. The third-order valence-electron chi connectivity index (χ3n) is 3.40. The number of rotatable bonds is 9. The number of nitrogens with zero attached hydrogens (tertiary/aromatic N) is 1. The number of carbonyl (C=O) groups is 3. The smallest absolute Gasteiger partial charge is 0.407 e. The standard InChI is InChI=1S/C21H28N2O5/c1-6-12-23(13-7-2)18(24)15-27-19(25)17-10-8-16(9-11-17)14-22-20(26)28-21(3,4)5/h6-11H,1-2,12-15H2,3-5H3,(H,22,26). The van der Waals surface area contributed by atoms with E-state index in [1.807, 2.05) is 0 Å². The lowest BCUT2D eigenvalue weighted by Gasteiger charge is -2.19. The summed E-state index contributed by atoms with van der Waals surface area (Å²) in [7, 11) is 0. The Morgan fingerprint density at radius 3 is 2.14 bits per heavy atom. The SMILES string of the molecule is C=CCN(CC=C)C(=O)COC(=O)c1ccc(CNC(=O)OC(C)(C)C)cc1. The third kappa shape index (κ3) is 8.53. The molecule has 1 N–H and O–H groups in total. The molecule has 7 heteroatoms. The van der Waals surface area contributed by atoms with E-state index < -0.39 is 17.7 Å². The van der Waals surface area contributed by atoms with Gasteiger partial charge in [-0.2, -0.15) is 0 Å². The van der Waals surface area contributed by atoms with Crippen LogP contribution in [0.5, 0.6) is 0 Å². The Morgan fingerprint density at radius 2 is 1.64 bits per heavy atom. The van der Waals surface area contributed by atoms with E-state index >= 15 is 0 Å². The van der Waals surface area contributed by atoms with Crippen LogP contribution >= 0.6 is 0 Å². The summed E-state index contributed by atoms with van der Waals surface area (Å²) in [5, 5.41) is 2.64. The van der Waals surface area contributed by atoms with Gasteiger partial charge in [0.2, 0.25) is 0 Å². The van der Waals surface area contributed by atoms with E-state index in [1.165, 1.54) is 4.90 Å². The maximum absolute atomic E-state index is 12.1. The van der Waals surface area contributed by atoms with Gasteiger partial charge in [-0.05, 0) is 38.5 Å². The van der Waals surface area contributed by atoms with Crippen LogP contribution in [0.1, 0.15) is 36.7 Å². The van der Waals surface area contributed by atoms with Crippen LogP contribution in [0.3, 0.4) is 0 Å². The van der Waals surface area contributed by atoms with E-state index in [2.05, 4.69) is 18.5 Å². The summed E-state index contributed by atoms with van der Waals surface area (Å²) in [5.41, 5.74) is 0.539. The molecule has 1 rings (SSSR count). The lowest BCUT2D eigenvalue weighted by atomic mass is 10.1. The summed E-state index contributed by atoms with van der Waals surface area (Å²) >= 11 is 0. The van der Waals surface area contributed by atoms with Gasteiger partial charge in [-0.3, -0.25) is 4.79 Å². The quantitative estimate of drug-likeness (QED) is 0.519. The highest BCUT2D eigenvalue weighted by Crippen LogP contribution is 2.09. The number of hydrogen-bond donors (Lipinski definition) is 1. The molecule has 0 radical (unpaired) electrons. The van der Waals surface area contributed by atoms with Gasteiger partial charge in [-0.1, -0.05) is 24.3 Å². The Balaban J connectivity index is 2.52. The minimum Gasteiger partial charge on any atom is -0.452 e. The van der Waals surface area contributed by atoms with Crippen molar-refractivity contribution in [3.63, 3.8) is 0 Å². The summed E-state index contributed by atoms with van der Waals surface area (Å²) in [4.78, 5) is 37.3. The predicted molar refractivity (Wildman–Crippen MR) is 107 cm³/mol.